The molecule has 4 rings (SSSR count). The average Bonchev–Trinajstić information content (AvgIpc) is 3.33. The summed E-state index contributed by atoms with van der Waals surface area (Å²) in [7, 11) is 0. The van der Waals surface area contributed by atoms with E-state index in [-0.39, 0.29) is 36.0 Å². The second-order valence-corrected chi connectivity index (χ2v) is 9.04. The molecule has 1 saturated carbocycles. The molecular formula is C18H26N4O4S. The normalized spacial score (nSPS) is 33.6. The Morgan fingerprint density at radius 3 is 2.44 bits per heavy atom. The first kappa shape index (κ1) is 18.8. The molecule has 3 fully saturated rings. The number of nitrogens with zero attached hydrogens (tertiary/aromatic N) is 4. The molecule has 1 aromatic heterocycles. The maximum atomic E-state index is 13.0. The third-order valence-electron chi connectivity index (χ3n) is 6.05. The van der Waals surface area contributed by atoms with Crippen LogP contribution in [0, 0.1) is 17.8 Å². The summed E-state index contributed by atoms with van der Waals surface area (Å²) < 4.78 is 0. The number of hydrogen-bond donors (Lipinski definition) is 2. The number of aliphatic hydroxyl groups is 2. The van der Waals surface area contributed by atoms with Gasteiger partial charge >= 0.3 is 0 Å². The Morgan fingerprint density at radius 1 is 1.15 bits per heavy atom. The van der Waals surface area contributed by atoms with Crippen molar-refractivity contribution in [3.05, 3.63) is 5.01 Å². The molecule has 8 nitrogen and oxygen atoms in total. The van der Waals surface area contributed by atoms with Crippen molar-refractivity contribution in [3.63, 3.8) is 0 Å². The quantitative estimate of drug-likeness (QED) is 0.767. The minimum absolute atomic E-state index is 0.00234. The molecule has 2 N–H and O–H groups in total. The van der Waals surface area contributed by atoms with E-state index in [2.05, 4.69) is 17.1 Å². The van der Waals surface area contributed by atoms with Gasteiger partial charge in [0.25, 0.3) is 0 Å². The van der Waals surface area contributed by atoms with Crippen LogP contribution >= 0.6 is 11.3 Å². The number of anilines is 1. The summed E-state index contributed by atoms with van der Waals surface area (Å²) in [6.07, 6.45) is 1.71. The lowest BCUT2D eigenvalue weighted by atomic mass is 9.79. The molecule has 148 valence electrons. The van der Waals surface area contributed by atoms with E-state index in [1.54, 1.807) is 4.90 Å². The lowest BCUT2D eigenvalue weighted by Gasteiger charge is -2.31. The van der Waals surface area contributed by atoms with Gasteiger partial charge in [0.1, 0.15) is 5.01 Å². The highest BCUT2D eigenvalue weighted by Crippen LogP contribution is 2.38. The Morgan fingerprint density at radius 2 is 1.81 bits per heavy atom. The van der Waals surface area contributed by atoms with Gasteiger partial charge in [-0.05, 0) is 31.1 Å². The van der Waals surface area contributed by atoms with Crippen LogP contribution in [-0.2, 0) is 16.0 Å². The predicted molar refractivity (Wildman–Crippen MR) is 99.2 cm³/mol. The predicted octanol–water partition coefficient (Wildman–Crippen LogP) is 0.434. The van der Waals surface area contributed by atoms with Gasteiger partial charge in [-0.1, -0.05) is 18.3 Å². The lowest BCUT2D eigenvalue weighted by molar-refractivity contribution is -0.135. The summed E-state index contributed by atoms with van der Waals surface area (Å²) in [6.45, 7) is 3.65. The Kier molecular flexibility index (Phi) is 5.17. The topological polar surface area (TPSA) is 107 Å². The van der Waals surface area contributed by atoms with Gasteiger partial charge in [0.15, 0.2) is 0 Å². The van der Waals surface area contributed by atoms with Crippen molar-refractivity contribution in [2.45, 2.75) is 51.2 Å². The number of rotatable bonds is 4. The zero-order chi connectivity index (χ0) is 19.1. The van der Waals surface area contributed by atoms with Crippen molar-refractivity contribution in [1.29, 1.82) is 0 Å². The van der Waals surface area contributed by atoms with Crippen LogP contribution in [0.5, 0.6) is 0 Å². The van der Waals surface area contributed by atoms with Crippen LogP contribution in [0.1, 0.15) is 37.6 Å². The Bertz CT molecular complexity index is 708. The van der Waals surface area contributed by atoms with Gasteiger partial charge in [0, 0.05) is 32.5 Å². The fourth-order valence-electron chi connectivity index (χ4n) is 4.57. The Hall–Kier alpha value is -1.58. The zero-order valence-corrected chi connectivity index (χ0v) is 16.3. The minimum atomic E-state index is -0.695. The molecule has 0 spiro atoms. The van der Waals surface area contributed by atoms with Crippen molar-refractivity contribution < 1.29 is 19.8 Å². The molecule has 0 radical (unpaired) electrons. The molecule has 3 aliphatic rings. The number of fused-ring (bicyclic) bond motifs is 1. The fraction of sp³-hybridized carbons (Fsp3) is 0.778. The highest BCUT2D eigenvalue weighted by atomic mass is 32.1. The van der Waals surface area contributed by atoms with Gasteiger partial charge in [-0.2, -0.15) is 0 Å². The lowest BCUT2D eigenvalue weighted by Crippen LogP contribution is -2.38. The van der Waals surface area contributed by atoms with Crippen molar-refractivity contribution >= 4 is 28.3 Å². The molecule has 5 atom stereocenters. The molecule has 2 aliphatic heterocycles. The zero-order valence-electron chi connectivity index (χ0n) is 15.5. The van der Waals surface area contributed by atoms with E-state index in [9.17, 15) is 19.8 Å². The van der Waals surface area contributed by atoms with E-state index in [0.717, 1.165) is 17.8 Å². The highest BCUT2D eigenvalue weighted by molar-refractivity contribution is 7.15. The van der Waals surface area contributed by atoms with Gasteiger partial charge in [-0.15, -0.1) is 10.2 Å². The smallest absolute Gasteiger partial charge is 0.229 e. The number of aliphatic hydroxyl groups excluding tert-OH is 2. The monoisotopic (exact) mass is 394 g/mol. The van der Waals surface area contributed by atoms with E-state index in [1.165, 1.54) is 11.3 Å². The van der Waals surface area contributed by atoms with Gasteiger partial charge in [-0.25, -0.2) is 0 Å². The van der Waals surface area contributed by atoms with E-state index in [0.29, 0.717) is 37.6 Å². The van der Waals surface area contributed by atoms with Crippen molar-refractivity contribution in [2.75, 3.05) is 24.5 Å². The molecule has 2 amide bonds. The summed E-state index contributed by atoms with van der Waals surface area (Å²) in [6, 6.07) is 0. The van der Waals surface area contributed by atoms with Gasteiger partial charge in [-0.3, -0.25) is 14.5 Å². The fourth-order valence-corrected chi connectivity index (χ4v) is 5.54. The van der Waals surface area contributed by atoms with Crippen molar-refractivity contribution in [1.82, 2.24) is 15.1 Å². The maximum Gasteiger partial charge on any atom is 0.229 e. The second kappa shape index (κ2) is 7.44. The number of aryl methyl sites for hydroxylation is 1. The van der Waals surface area contributed by atoms with Gasteiger partial charge in [0.2, 0.25) is 16.9 Å². The first-order valence-corrected chi connectivity index (χ1v) is 10.6. The molecule has 0 aromatic carbocycles. The molecule has 3 heterocycles. The molecule has 27 heavy (non-hydrogen) atoms. The number of carbonyl (C=O) groups is 2. The molecule has 9 heteroatoms. The van der Waals surface area contributed by atoms with Crippen LogP contribution in [0.25, 0.3) is 0 Å². The first-order chi connectivity index (χ1) is 13.0. The minimum Gasteiger partial charge on any atom is -0.390 e. The summed E-state index contributed by atoms with van der Waals surface area (Å²) >= 11 is 1.42. The number of carbonyl (C=O) groups excluding carboxylic acids is 2. The molecule has 2 saturated heterocycles. The number of aromatic nitrogens is 2. The van der Waals surface area contributed by atoms with Crippen molar-refractivity contribution in [2.24, 2.45) is 17.8 Å². The number of hydrogen-bond acceptors (Lipinski definition) is 7. The summed E-state index contributed by atoms with van der Waals surface area (Å²) in [5.41, 5.74) is 0. The number of likely N-dealkylation sites (tertiary alicyclic amines) is 1. The van der Waals surface area contributed by atoms with Crippen molar-refractivity contribution in [3.8, 4) is 0 Å². The van der Waals surface area contributed by atoms with E-state index in [4.69, 9.17) is 0 Å². The van der Waals surface area contributed by atoms with Gasteiger partial charge < -0.3 is 15.1 Å². The third-order valence-corrected chi connectivity index (χ3v) is 7.05. The van der Waals surface area contributed by atoms with Crippen LogP contribution in [0.4, 0.5) is 5.13 Å². The van der Waals surface area contributed by atoms with Crippen LogP contribution in [0.3, 0.4) is 0 Å². The Labute approximate surface area is 162 Å². The van der Waals surface area contributed by atoms with Crippen LogP contribution < -0.4 is 4.90 Å². The highest BCUT2D eigenvalue weighted by Gasteiger charge is 2.45. The average molecular weight is 394 g/mol. The third kappa shape index (κ3) is 3.60. The van der Waals surface area contributed by atoms with Crippen LogP contribution in [0.15, 0.2) is 0 Å². The molecule has 0 bridgehead atoms. The first-order valence-electron chi connectivity index (χ1n) is 9.74. The number of amides is 2. The van der Waals surface area contributed by atoms with Gasteiger partial charge in [0.05, 0.1) is 18.1 Å². The maximum absolute atomic E-state index is 13.0. The molecular weight excluding hydrogens is 368 g/mol. The molecule has 1 unspecified atom stereocenters. The van der Waals surface area contributed by atoms with E-state index < -0.39 is 12.2 Å². The Balaban J connectivity index is 1.39. The summed E-state index contributed by atoms with van der Waals surface area (Å²) in [5, 5.41) is 29.5. The molecule has 1 aromatic rings. The largest absolute Gasteiger partial charge is 0.390 e. The van der Waals surface area contributed by atoms with E-state index in [1.807, 2.05) is 4.90 Å². The standard InChI is InChI=1S/C18H26N4O4S/c1-2-3-15-19-20-18(27-15)22-9-12(6-16(22)25)17(26)21-7-10-4-13(23)14(24)5-11(10)8-21/h10-14,23-24H,2-9H2,1H3/t10-,11+,12?,13+,14-. The second-order valence-electron chi connectivity index (χ2n) is 8.00. The molecule has 1 aliphatic carbocycles. The van der Waals surface area contributed by atoms with Crippen LogP contribution in [-0.4, -0.2) is 69.0 Å². The summed E-state index contributed by atoms with van der Waals surface area (Å²) in [5.74, 6) is 0.0456. The van der Waals surface area contributed by atoms with Crippen LogP contribution in [0.2, 0.25) is 0 Å². The summed E-state index contributed by atoms with van der Waals surface area (Å²) in [4.78, 5) is 28.8. The van der Waals surface area contributed by atoms with E-state index >= 15 is 0 Å². The SMILES string of the molecule is CCCc1nnc(N2CC(C(=O)N3C[C@H]4C[C@H](O)[C@H](O)C[C@H]4C3)CC2=O)s1.